The van der Waals surface area contributed by atoms with Crippen LogP contribution in [0.5, 0.6) is 0 Å². The third-order valence-corrected chi connectivity index (χ3v) is 4.91. The molecule has 2 aliphatic rings. The van der Waals surface area contributed by atoms with Gasteiger partial charge in [0.05, 0.1) is 11.7 Å². The molecule has 0 amide bonds. The van der Waals surface area contributed by atoms with Gasteiger partial charge in [-0.2, -0.15) is 13.2 Å². The Kier molecular flexibility index (Phi) is 4.82. The molecule has 128 valence electrons. The summed E-state index contributed by atoms with van der Waals surface area (Å²) in [5.74, 6) is 0.395. The fourth-order valence-corrected chi connectivity index (χ4v) is 3.66. The zero-order chi connectivity index (χ0) is 16.4. The Balaban J connectivity index is 1.62. The van der Waals surface area contributed by atoms with E-state index in [4.69, 9.17) is 0 Å². The highest BCUT2D eigenvalue weighted by Crippen LogP contribution is 2.38. The van der Waals surface area contributed by atoms with Crippen molar-refractivity contribution < 1.29 is 18.3 Å². The number of alkyl halides is 3. The van der Waals surface area contributed by atoms with E-state index >= 15 is 0 Å². The number of aliphatic hydroxyl groups is 1. The van der Waals surface area contributed by atoms with Crippen molar-refractivity contribution in [1.29, 1.82) is 0 Å². The lowest BCUT2D eigenvalue weighted by atomic mass is 10.0. The van der Waals surface area contributed by atoms with E-state index in [-0.39, 0.29) is 6.10 Å². The van der Waals surface area contributed by atoms with Gasteiger partial charge in [-0.3, -0.25) is 0 Å². The van der Waals surface area contributed by atoms with E-state index in [9.17, 15) is 18.3 Å². The van der Waals surface area contributed by atoms with Crippen LogP contribution < -0.4 is 4.90 Å². The molecule has 23 heavy (non-hydrogen) atoms. The summed E-state index contributed by atoms with van der Waals surface area (Å²) in [6.45, 7) is 4.03. The number of benzene rings is 1. The van der Waals surface area contributed by atoms with E-state index in [0.717, 1.165) is 45.0 Å². The molecule has 2 saturated heterocycles. The third kappa shape index (κ3) is 3.98. The topological polar surface area (TPSA) is 26.7 Å². The van der Waals surface area contributed by atoms with Gasteiger partial charge in [0.15, 0.2) is 0 Å². The van der Waals surface area contributed by atoms with E-state index in [1.54, 1.807) is 12.1 Å². The van der Waals surface area contributed by atoms with Gasteiger partial charge in [0.2, 0.25) is 0 Å². The van der Waals surface area contributed by atoms with Crippen molar-refractivity contribution >= 4 is 5.69 Å². The Labute approximate surface area is 134 Å². The molecule has 2 aliphatic heterocycles. The standard InChI is InChI=1S/C17H23F3N2O/c18-17(19,20)15-3-1-2-4-16(15)22-10-5-13(12-22)11-21-8-6-14(23)7-9-21/h1-4,13-14,23H,5-12H2. The van der Waals surface area contributed by atoms with Crippen LogP contribution in [0.4, 0.5) is 18.9 Å². The smallest absolute Gasteiger partial charge is 0.393 e. The van der Waals surface area contributed by atoms with Crippen LogP contribution in [0, 0.1) is 5.92 Å². The Morgan fingerprint density at radius 1 is 1.04 bits per heavy atom. The second kappa shape index (κ2) is 6.69. The highest BCUT2D eigenvalue weighted by molar-refractivity contribution is 5.55. The van der Waals surface area contributed by atoms with Crippen molar-refractivity contribution in [3.05, 3.63) is 29.8 Å². The number of piperidine rings is 1. The Bertz CT molecular complexity index is 527. The summed E-state index contributed by atoms with van der Waals surface area (Å²) in [5.41, 5.74) is -0.238. The quantitative estimate of drug-likeness (QED) is 0.924. The first kappa shape index (κ1) is 16.6. The molecule has 1 aromatic rings. The van der Waals surface area contributed by atoms with Crippen molar-refractivity contribution in [3.63, 3.8) is 0 Å². The molecule has 0 radical (unpaired) electrons. The van der Waals surface area contributed by atoms with Crippen molar-refractivity contribution in [3.8, 4) is 0 Å². The second-order valence-corrected chi connectivity index (χ2v) is 6.65. The molecule has 1 atom stereocenters. The minimum Gasteiger partial charge on any atom is -0.393 e. The SMILES string of the molecule is OC1CCN(CC2CCN(c3ccccc3C(F)(F)F)C2)CC1. The first-order valence-electron chi connectivity index (χ1n) is 8.25. The van der Waals surface area contributed by atoms with Crippen molar-refractivity contribution in [1.82, 2.24) is 4.90 Å². The van der Waals surface area contributed by atoms with Gasteiger partial charge in [0.25, 0.3) is 0 Å². The largest absolute Gasteiger partial charge is 0.418 e. The molecule has 2 fully saturated rings. The minimum atomic E-state index is -4.31. The van der Waals surface area contributed by atoms with E-state index in [2.05, 4.69) is 4.90 Å². The van der Waals surface area contributed by atoms with E-state index in [1.807, 2.05) is 4.90 Å². The first-order chi connectivity index (χ1) is 10.9. The van der Waals surface area contributed by atoms with Crippen LogP contribution in [-0.4, -0.2) is 48.8 Å². The second-order valence-electron chi connectivity index (χ2n) is 6.65. The van der Waals surface area contributed by atoms with Crippen molar-refractivity contribution in [2.45, 2.75) is 31.5 Å². The van der Waals surface area contributed by atoms with Gasteiger partial charge < -0.3 is 14.9 Å². The number of nitrogens with zero attached hydrogens (tertiary/aromatic N) is 2. The average Bonchev–Trinajstić information content (AvgIpc) is 2.97. The molecule has 0 bridgehead atoms. The maximum atomic E-state index is 13.1. The summed E-state index contributed by atoms with van der Waals surface area (Å²) in [6, 6.07) is 5.85. The van der Waals surface area contributed by atoms with Gasteiger partial charge in [-0.15, -0.1) is 0 Å². The van der Waals surface area contributed by atoms with Gasteiger partial charge in [0, 0.05) is 38.4 Å². The normalized spacial score (nSPS) is 24.3. The van der Waals surface area contributed by atoms with Crippen molar-refractivity contribution in [2.24, 2.45) is 5.92 Å². The van der Waals surface area contributed by atoms with Crippen LogP contribution in [0.2, 0.25) is 0 Å². The Morgan fingerprint density at radius 2 is 1.74 bits per heavy atom. The minimum absolute atomic E-state index is 0.190. The molecule has 0 spiro atoms. The van der Waals surface area contributed by atoms with Crippen LogP contribution in [0.25, 0.3) is 0 Å². The number of rotatable bonds is 3. The number of anilines is 1. The highest BCUT2D eigenvalue weighted by atomic mass is 19.4. The number of para-hydroxylation sites is 1. The molecule has 0 aliphatic carbocycles. The van der Waals surface area contributed by atoms with Crippen LogP contribution in [0.3, 0.4) is 0 Å². The maximum Gasteiger partial charge on any atom is 0.418 e. The van der Waals surface area contributed by atoms with Gasteiger partial charge in [-0.25, -0.2) is 0 Å². The molecule has 1 N–H and O–H groups in total. The van der Waals surface area contributed by atoms with Gasteiger partial charge >= 0.3 is 6.18 Å². The van der Waals surface area contributed by atoms with Crippen LogP contribution >= 0.6 is 0 Å². The molecule has 2 heterocycles. The van der Waals surface area contributed by atoms with E-state index < -0.39 is 11.7 Å². The van der Waals surface area contributed by atoms with Crippen LogP contribution in [0.15, 0.2) is 24.3 Å². The number of hydrogen-bond acceptors (Lipinski definition) is 3. The zero-order valence-electron chi connectivity index (χ0n) is 13.1. The van der Waals surface area contributed by atoms with E-state index in [0.29, 0.717) is 24.7 Å². The fraction of sp³-hybridized carbons (Fsp3) is 0.647. The van der Waals surface area contributed by atoms with Gasteiger partial charge in [0.1, 0.15) is 0 Å². The number of halogens is 3. The number of hydrogen-bond donors (Lipinski definition) is 1. The average molecular weight is 328 g/mol. The van der Waals surface area contributed by atoms with Crippen molar-refractivity contribution in [2.75, 3.05) is 37.6 Å². The molecule has 0 aromatic heterocycles. The summed E-state index contributed by atoms with van der Waals surface area (Å²) in [6.07, 6.45) is -1.98. The van der Waals surface area contributed by atoms with Crippen LogP contribution in [0.1, 0.15) is 24.8 Å². The predicted octanol–water partition coefficient (Wildman–Crippen LogP) is 2.99. The fourth-order valence-electron chi connectivity index (χ4n) is 3.66. The Morgan fingerprint density at radius 3 is 2.43 bits per heavy atom. The predicted molar refractivity (Wildman–Crippen MR) is 83.4 cm³/mol. The van der Waals surface area contributed by atoms with Gasteiger partial charge in [-0.1, -0.05) is 12.1 Å². The van der Waals surface area contributed by atoms with Gasteiger partial charge in [-0.05, 0) is 37.3 Å². The monoisotopic (exact) mass is 328 g/mol. The molecule has 3 rings (SSSR count). The molecular weight excluding hydrogens is 305 g/mol. The summed E-state index contributed by atoms with van der Waals surface area (Å²) < 4.78 is 39.4. The first-order valence-corrected chi connectivity index (χ1v) is 8.25. The number of aliphatic hydroxyl groups excluding tert-OH is 1. The summed E-state index contributed by atoms with van der Waals surface area (Å²) >= 11 is 0. The lowest BCUT2D eigenvalue weighted by Gasteiger charge is -2.31. The van der Waals surface area contributed by atoms with Crippen LogP contribution in [-0.2, 0) is 6.18 Å². The summed E-state index contributed by atoms with van der Waals surface area (Å²) in [4.78, 5) is 4.20. The number of likely N-dealkylation sites (tertiary alicyclic amines) is 1. The third-order valence-electron chi connectivity index (χ3n) is 4.91. The molecule has 3 nitrogen and oxygen atoms in total. The lowest BCUT2D eigenvalue weighted by Crippen LogP contribution is -2.39. The van der Waals surface area contributed by atoms with E-state index in [1.165, 1.54) is 6.07 Å². The maximum absolute atomic E-state index is 13.1. The summed E-state index contributed by atoms with van der Waals surface area (Å²) in [7, 11) is 0. The Hall–Kier alpha value is -1.27. The molecule has 1 unspecified atom stereocenters. The molecule has 1 aromatic carbocycles. The highest BCUT2D eigenvalue weighted by Gasteiger charge is 2.36. The summed E-state index contributed by atoms with van der Waals surface area (Å²) in [5, 5.41) is 9.54. The molecular formula is C17H23F3N2O. The molecule has 6 heteroatoms. The molecule has 0 saturated carbocycles. The zero-order valence-corrected chi connectivity index (χ0v) is 13.1. The lowest BCUT2D eigenvalue weighted by molar-refractivity contribution is -0.137.